The first-order chi connectivity index (χ1) is 9.24. The van der Waals surface area contributed by atoms with Crippen LogP contribution < -0.4 is 5.73 Å². The Morgan fingerprint density at radius 1 is 1.32 bits per heavy atom. The maximum Gasteiger partial charge on any atom is 0.0565 e. The smallest absolute Gasteiger partial charge is 0.0565 e. The van der Waals surface area contributed by atoms with Gasteiger partial charge in [0.05, 0.1) is 11.7 Å². The number of nitrogens with zero attached hydrogens (tertiary/aromatic N) is 2. The third-order valence-electron chi connectivity index (χ3n) is 3.25. The molecule has 0 aromatic carbocycles. The summed E-state index contributed by atoms with van der Waals surface area (Å²) >= 11 is 1.86. The molecular formula is C15H21N3S. The van der Waals surface area contributed by atoms with E-state index in [0.29, 0.717) is 6.54 Å². The third kappa shape index (κ3) is 3.62. The van der Waals surface area contributed by atoms with Crippen LogP contribution in [0.15, 0.2) is 36.5 Å². The second kappa shape index (κ2) is 6.80. The molecular weight excluding hydrogens is 254 g/mol. The minimum Gasteiger partial charge on any atom is -0.329 e. The van der Waals surface area contributed by atoms with Crippen LogP contribution in [0.1, 0.15) is 28.4 Å². The second-order valence-corrected chi connectivity index (χ2v) is 5.85. The molecule has 0 aliphatic carbocycles. The van der Waals surface area contributed by atoms with Crippen LogP contribution in [-0.4, -0.2) is 23.5 Å². The van der Waals surface area contributed by atoms with E-state index in [0.717, 1.165) is 18.7 Å². The van der Waals surface area contributed by atoms with Crippen LogP contribution in [0.4, 0.5) is 0 Å². The Hall–Kier alpha value is -1.23. The number of aryl methyl sites for hydroxylation is 1. The Morgan fingerprint density at radius 2 is 2.16 bits per heavy atom. The maximum absolute atomic E-state index is 5.95. The molecule has 0 aliphatic heterocycles. The first-order valence-corrected chi connectivity index (χ1v) is 7.45. The van der Waals surface area contributed by atoms with E-state index in [-0.39, 0.29) is 6.04 Å². The third-order valence-corrected chi connectivity index (χ3v) is 4.58. The Morgan fingerprint density at radius 3 is 2.74 bits per heavy atom. The van der Waals surface area contributed by atoms with Crippen LogP contribution in [0.2, 0.25) is 0 Å². The first-order valence-electron chi connectivity index (χ1n) is 6.63. The Balaban J connectivity index is 2.08. The molecule has 0 spiro atoms. The zero-order valence-corrected chi connectivity index (χ0v) is 12.4. The Labute approximate surface area is 119 Å². The van der Waals surface area contributed by atoms with E-state index < -0.39 is 0 Å². The number of nitrogens with two attached hydrogens (primary N) is 1. The number of thiophene rings is 1. The molecule has 2 rings (SSSR count). The van der Waals surface area contributed by atoms with Crippen molar-refractivity contribution in [3.63, 3.8) is 0 Å². The molecule has 0 amide bonds. The minimum absolute atomic E-state index is 0.271. The van der Waals surface area contributed by atoms with E-state index >= 15 is 0 Å². The molecule has 0 radical (unpaired) electrons. The molecule has 1 atom stereocenters. The summed E-state index contributed by atoms with van der Waals surface area (Å²) in [6, 6.07) is 10.7. The number of hydrogen-bond acceptors (Lipinski definition) is 4. The van der Waals surface area contributed by atoms with Crippen LogP contribution in [0.3, 0.4) is 0 Å². The summed E-state index contributed by atoms with van der Waals surface area (Å²) in [4.78, 5) is 9.40. The van der Waals surface area contributed by atoms with Crippen LogP contribution in [0, 0.1) is 0 Å². The molecule has 2 heterocycles. The van der Waals surface area contributed by atoms with Gasteiger partial charge in [0.15, 0.2) is 0 Å². The average Bonchev–Trinajstić information content (AvgIpc) is 2.89. The lowest BCUT2D eigenvalue weighted by Gasteiger charge is -2.25. The fourth-order valence-corrected chi connectivity index (χ4v) is 3.27. The predicted molar refractivity (Wildman–Crippen MR) is 81.2 cm³/mol. The fraction of sp³-hybridized carbons (Fsp3) is 0.400. The molecule has 0 aliphatic rings. The van der Waals surface area contributed by atoms with Crippen molar-refractivity contribution in [2.75, 3.05) is 13.6 Å². The van der Waals surface area contributed by atoms with Crippen molar-refractivity contribution in [1.29, 1.82) is 0 Å². The zero-order chi connectivity index (χ0) is 13.7. The van der Waals surface area contributed by atoms with Crippen LogP contribution in [0.5, 0.6) is 0 Å². The largest absolute Gasteiger partial charge is 0.329 e. The lowest BCUT2D eigenvalue weighted by atomic mass is 10.2. The van der Waals surface area contributed by atoms with Crippen molar-refractivity contribution in [1.82, 2.24) is 9.88 Å². The predicted octanol–water partition coefficient (Wildman–Crippen LogP) is 2.84. The molecule has 0 saturated carbocycles. The van der Waals surface area contributed by atoms with Gasteiger partial charge in [-0.3, -0.25) is 9.88 Å². The van der Waals surface area contributed by atoms with Crippen LogP contribution in [-0.2, 0) is 13.0 Å². The number of hydrogen-bond donors (Lipinski definition) is 1. The van der Waals surface area contributed by atoms with Crippen molar-refractivity contribution in [2.24, 2.45) is 5.73 Å². The summed E-state index contributed by atoms with van der Waals surface area (Å²) in [5.74, 6) is 0. The summed E-state index contributed by atoms with van der Waals surface area (Å²) in [7, 11) is 2.11. The molecule has 19 heavy (non-hydrogen) atoms. The van der Waals surface area contributed by atoms with E-state index in [1.165, 1.54) is 9.75 Å². The molecule has 2 aromatic rings. The SMILES string of the molecule is CCc1ccc(C(CN)N(C)Cc2ccccn2)s1. The van der Waals surface area contributed by atoms with Gasteiger partial charge >= 0.3 is 0 Å². The Bertz CT molecular complexity index is 495. The van der Waals surface area contributed by atoms with Crippen molar-refractivity contribution in [2.45, 2.75) is 25.9 Å². The van der Waals surface area contributed by atoms with Gasteiger partial charge in [-0.25, -0.2) is 0 Å². The van der Waals surface area contributed by atoms with E-state index in [9.17, 15) is 0 Å². The van der Waals surface area contributed by atoms with Gasteiger partial charge in [-0.1, -0.05) is 13.0 Å². The first kappa shape index (κ1) is 14.2. The lowest BCUT2D eigenvalue weighted by molar-refractivity contribution is 0.242. The standard InChI is InChI=1S/C15H21N3S/c1-3-13-7-8-15(19-13)14(10-16)18(2)11-12-6-4-5-9-17-12/h4-9,14H,3,10-11,16H2,1-2H3. The summed E-state index contributed by atoms with van der Waals surface area (Å²) < 4.78 is 0. The van der Waals surface area contributed by atoms with E-state index in [2.05, 4.69) is 42.1 Å². The number of aromatic nitrogens is 1. The van der Waals surface area contributed by atoms with Crippen molar-refractivity contribution in [3.05, 3.63) is 52.0 Å². The highest BCUT2D eigenvalue weighted by atomic mass is 32.1. The molecule has 2 N–H and O–H groups in total. The van der Waals surface area contributed by atoms with E-state index in [1.807, 2.05) is 29.7 Å². The van der Waals surface area contributed by atoms with Gasteiger partial charge < -0.3 is 5.73 Å². The molecule has 2 aromatic heterocycles. The quantitative estimate of drug-likeness (QED) is 0.881. The molecule has 3 nitrogen and oxygen atoms in total. The maximum atomic E-state index is 5.95. The highest BCUT2D eigenvalue weighted by molar-refractivity contribution is 7.12. The summed E-state index contributed by atoms with van der Waals surface area (Å²) in [5.41, 5.74) is 7.03. The Kier molecular flexibility index (Phi) is 5.07. The highest BCUT2D eigenvalue weighted by Gasteiger charge is 2.17. The summed E-state index contributed by atoms with van der Waals surface area (Å²) in [5, 5.41) is 0. The van der Waals surface area contributed by atoms with Gasteiger partial charge in [-0.15, -0.1) is 11.3 Å². The van der Waals surface area contributed by atoms with Gasteiger partial charge in [0, 0.05) is 29.0 Å². The normalized spacial score (nSPS) is 12.8. The number of rotatable bonds is 6. The molecule has 1 unspecified atom stereocenters. The minimum atomic E-state index is 0.271. The summed E-state index contributed by atoms with van der Waals surface area (Å²) in [6.45, 7) is 3.64. The van der Waals surface area contributed by atoms with Gasteiger partial charge in [0.25, 0.3) is 0 Å². The van der Waals surface area contributed by atoms with Crippen molar-refractivity contribution >= 4 is 11.3 Å². The molecule has 102 valence electrons. The average molecular weight is 275 g/mol. The molecule has 0 fully saturated rings. The number of pyridine rings is 1. The monoisotopic (exact) mass is 275 g/mol. The summed E-state index contributed by atoms with van der Waals surface area (Å²) in [6.07, 6.45) is 2.92. The van der Waals surface area contributed by atoms with Crippen molar-refractivity contribution < 1.29 is 0 Å². The zero-order valence-electron chi connectivity index (χ0n) is 11.5. The molecule has 0 bridgehead atoms. The fourth-order valence-electron chi connectivity index (χ4n) is 2.13. The lowest BCUT2D eigenvalue weighted by Crippen LogP contribution is -2.29. The van der Waals surface area contributed by atoms with E-state index in [4.69, 9.17) is 5.73 Å². The van der Waals surface area contributed by atoms with Crippen LogP contribution in [0.25, 0.3) is 0 Å². The highest BCUT2D eigenvalue weighted by Crippen LogP contribution is 2.27. The van der Waals surface area contributed by atoms with Gasteiger partial charge in [0.1, 0.15) is 0 Å². The van der Waals surface area contributed by atoms with Crippen LogP contribution >= 0.6 is 11.3 Å². The van der Waals surface area contributed by atoms with Gasteiger partial charge in [0.2, 0.25) is 0 Å². The number of likely N-dealkylation sites (N-methyl/N-ethyl adjacent to an activating group) is 1. The van der Waals surface area contributed by atoms with Crippen molar-refractivity contribution in [3.8, 4) is 0 Å². The van der Waals surface area contributed by atoms with Gasteiger partial charge in [-0.05, 0) is 37.7 Å². The topological polar surface area (TPSA) is 42.1 Å². The van der Waals surface area contributed by atoms with E-state index in [1.54, 1.807) is 0 Å². The second-order valence-electron chi connectivity index (χ2n) is 4.65. The molecule has 4 heteroatoms. The van der Waals surface area contributed by atoms with Gasteiger partial charge in [-0.2, -0.15) is 0 Å². The molecule has 0 saturated heterocycles.